The number of methoxy groups -OCH3 is 1. The van der Waals surface area contributed by atoms with Crippen molar-refractivity contribution < 1.29 is 19.0 Å². The van der Waals surface area contributed by atoms with Crippen LogP contribution in [0.15, 0.2) is 42.5 Å². The lowest BCUT2D eigenvalue weighted by atomic mass is 9.91. The summed E-state index contributed by atoms with van der Waals surface area (Å²) in [5, 5.41) is 10.2. The maximum atomic E-state index is 13.0. The lowest BCUT2D eigenvalue weighted by molar-refractivity contribution is 0.0664. The zero-order valence-corrected chi connectivity index (χ0v) is 15.0. The van der Waals surface area contributed by atoms with Gasteiger partial charge in [-0.1, -0.05) is 18.2 Å². The first-order chi connectivity index (χ1) is 12.6. The first-order valence-electron chi connectivity index (χ1n) is 8.98. The number of carbonyl (C=O) groups is 1. The average Bonchev–Trinajstić information content (AvgIpc) is 2.67. The number of ether oxygens (including phenoxy) is 1. The van der Waals surface area contributed by atoms with Gasteiger partial charge in [0.25, 0.3) is 5.91 Å². The Morgan fingerprint density at radius 3 is 2.77 bits per heavy atom. The molecule has 1 aliphatic heterocycles. The van der Waals surface area contributed by atoms with Gasteiger partial charge in [0.15, 0.2) is 11.5 Å². The monoisotopic (exact) mass is 357 g/mol. The number of benzene rings is 2. The van der Waals surface area contributed by atoms with E-state index in [0.29, 0.717) is 24.8 Å². The van der Waals surface area contributed by atoms with Gasteiger partial charge in [0, 0.05) is 13.1 Å². The number of rotatable bonds is 5. The Morgan fingerprint density at radius 2 is 2.04 bits per heavy atom. The second-order valence-corrected chi connectivity index (χ2v) is 6.78. The number of phenolic OH excluding ortho intramolecular Hbond substituents is 1. The molecule has 26 heavy (non-hydrogen) atoms. The van der Waals surface area contributed by atoms with Crippen molar-refractivity contribution in [3.8, 4) is 11.5 Å². The van der Waals surface area contributed by atoms with Gasteiger partial charge in [-0.15, -0.1) is 0 Å². The van der Waals surface area contributed by atoms with E-state index in [0.717, 1.165) is 31.2 Å². The number of hydrogen-bond donors (Lipinski definition) is 1. The molecule has 0 spiro atoms. The largest absolute Gasteiger partial charge is 0.504 e. The van der Waals surface area contributed by atoms with E-state index < -0.39 is 0 Å². The van der Waals surface area contributed by atoms with Crippen molar-refractivity contribution in [2.24, 2.45) is 5.92 Å². The minimum absolute atomic E-state index is 0.103. The number of carbonyl (C=O) groups excluding carboxylic acids is 1. The smallest absolute Gasteiger partial charge is 0.257 e. The van der Waals surface area contributed by atoms with E-state index in [1.807, 2.05) is 17.0 Å². The Labute approximate surface area is 153 Å². The fourth-order valence-electron chi connectivity index (χ4n) is 3.54. The number of piperidine rings is 1. The van der Waals surface area contributed by atoms with Crippen LogP contribution >= 0.6 is 0 Å². The van der Waals surface area contributed by atoms with Gasteiger partial charge in [-0.2, -0.15) is 0 Å². The van der Waals surface area contributed by atoms with Crippen LogP contribution in [0.1, 0.15) is 35.2 Å². The van der Waals surface area contributed by atoms with Crippen molar-refractivity contribution in [1.82, 2.24) is 4.90 Å². The summed E-state index contributed by atoms with van der Waals surface area (Å²) in [6.45, 7) is 1.37. The minimum Gasteiger partial charge on any atom is -0.504 e. The maximum absolute atomic E-state index is 13.0. The lowest BCUT2D eigenvalue weighted by Gasteiger charge is -2.33. The van der Waals surface area contributed by atoms with Crippen molar-refractivity contribution >= 4 is 5.91 Å². The van der Waals surface area contributed by atoms with Crippen LogP contribution < -0.4 is 4.74 Å². The van der Waals surface area contributed by atoms with Crippen LogP contribution in [-0.4, -0.2) is 36.1 Å². The standard InChI is InChI=1S/C21H24FNO3/c1-26-19-6-2-5-18(20(19)24)21(25)23-13-3-4-16(14-23)8-7-15-9-11-17(22)12-10-15/h2,5-6,9-12,16,24H,3-4,7-8,13-14H2,1H3/t16-/m0/s1. The van der Waals surface area contributed by atoms with Crippen molar-refractivity contribution in [1.29, 1.82) is 0 Å². The van der Waals surface area contributed by atoms with Crippen LogP contribution in [0.4, 0.5) is 4.39 Å². The van der Waals surface area contributed by atoms with E-state index in [1.54, 1.807) is 18.2 Å². The highest BCUT2D eigenvalue weighted by atomic mass is 19.1. The minimum atomic E-state index is -0.221. The van der Waals surface area contributed by atoms with E-state index in [4.69, 9.17) is 4.74 Å². The fourth-order valence-corrected chi connectivity index (χ4v) is 3.54. The molecule has 1 atom stereocenters. The molecule has 5 heteroatoms. The number of phenols is 1. The number of halogens is 1. The van der Waals surface area contributed by atoms with E-state index >= 15 is 0 Å². The molecule has 1 fully saturated rings. The Balaban J connectivity index is 1.62. The zero-order valence-electron chi connectivity index (χ0n) is 15.0. The molecule has 0 aliphatic carbocycles. The number of hydrogen-bond acceptors (Lipinski definition) is 3. The summed E-state index contributed by atoms with van der Waals surface area (Å²) in [4.78, 5) is 14.6. The van der Waals surface area contributed by atoms with Crippen molar-refractivity contribution in [3.05, 3.63) is 59.4 Å². The van der Waals surface area contributed by atoms with Crippen LogP contribution in [-0.2, 0) is 6.42 Å². The highest BCUT2D eigenvalue weighted by Crippen LogP contribution is 2.31. The van der Waals surface area contributed by atoms with Crippen molar-refractivity contribution in [3.63, 3.8) is 0 Å². The molecule has 138 valence electrons. The molecular weight excluding hydrogens is 333 g/mol. The summed E-state index contributed by atoms with van der Waals surface area (Å²) < 4.78 is 18.1. The quantitative estimate of drug-likeness (QED) is 0.879. The SMILES string of the molecule is COc1cccc(C(=O)N2CCC[C@@H](CCc3ccc(F)cc3)C2)c1O. The number of para-hydroxylation sites is 1. The normalized spacial score (nSPS) is 17.2. The summed E-state index contributed by atoms with van der Waals surface area (Å²) in [5.41, 5.74) is 1.39. The molecule has 0 aromatic heterocycles. The van der Waals surface area contributed by atoms with Crippen LogP contribution in [0.25, 0.3) is 0 Å². The van der Waals surface area contributed by atoms with E-state index in [2.05, 4.69) is 0 Å². The lowest BCUT2D eigenvalue weighted by Crippen LogP contribution is -2.40. The molecule has 0 bridgehead atoms. The molecule has 1 aliphatic rings. The number of likely N-dealkylation sites (tertiary alicyclic amines) is 1. The van der Waals surface area contributed by atoms with Gasteiger partial charge in [0.2, 0.25) is 0 Å². The molecule has 1 heterocycles. The second kappa shape index (κ2) is 8.21. The predicted octanol–water partition coefficient (Wildman–Crippen LogP) is 4.02. The predicted molar refractivity (Wildman–Crippen MR) is 98.0 cm³/mol. The van der Waals surface area contributed by atoms with Crippen LogP contribution in [0.3, 0.4) is 0 Å². The van der Waals surface area contributed by atoms with Gasteiger partial charge in [-0.25, -0.2) is 4.39 Å². The molecule has 4 nitrogen and oxygen atoms in total. The topological polar surface area (TPSA) is 49.8 Å². The van der Waals surface area contributed by atoms with Gasteiger partial charge in [-0.3, -0.25) is 4.79 Å². The van der Waals surface area contributed by atoms with E-state index in [1.165, 1.54) is 19.2 Å². The average molecular weight is 357 g/mol. The van der Waals surface area contributed by atoms with Gasteiger partial charge >= 0.3 is 0 Å². The number of amides is 1. The van der Waals surface area contributed by atoms with Crippen molar-refractivity contribution in [2.75, 3.05) is 20.2 Å². The van der Waals surface area contributed by atoms with Gasteiger partial charge in [0.05, 0.1) is 12.7 Å². The first-order valence-corrected chi connectivity index (χ1v) is 8.98. The Hall–Kier alpha value is -2.56. The van der Waals surface area contributed by atoms with Gasteiger partial charge in [-0.05, 0) is 61.4 Å². The van der Waals surface area contributed by atoms with Gasteiger partial charge in [0.1, 0.15) is 5.82 Å². The molecule has 2 aromatic carbocycles. The molecule has 0 saturated carbocycles. The fraction of sp³-hybridized carbons (Fsp3) is 0.381. The highest BCUT2D eigenvalue weighted by molar-refractivity contribution is 5.97. The zero-order chi connectivity index (χ0) is 18.5. The third-order valence-electron chi connectivity index (χ3n) is 5.01. The molecule has 3 rings (SSSR count). The Bertz CT molecular complexity index is 760. The summed E-state index contributed by atoms with van der Waals surface area (Å²) in [7, 11) is 1.47. The maximum Gasteiger partial charge on any atom is 0.257 e. The van der Waals surface area contributed by atoms with Crippen LogP contribution in [0, 0.1) is 11.7 Å². The summed E-state index contributed by atoms with van der Waals surface area (Å²) >= 11 is 0. The molecule has 1 N–H and O–H groups in total. The third-order valence-corrected chi connectivity index (χ3v) is 5.01. The molecule has 2 aromatic rings. The molecular formula is C21H24FNO3. The third kappa shape index (κ3) is 4.15. The molecule has 0 unspecified atom stereocenters. The van der Waals surface area contributed by atoms with E-state index in [-0.39, 0.29) is 23.0 Å². The molecule has 1 amide bonds. The molecule has 0 radical (unpaired) electrons. The van der Waals surface area contributed by atoms with E-state index in [9.17, 15) is 14.3 Å². The van der Waals surface area contributed by atoms with Gasteiger partial charge < -0.3 is 14.7 Å². The van der Waals surface area contributed by atoms with Crippen LogP contribution in [0.5, 0.6) is 11.5 Å². The summed E-state index contributed by atoms with van der Waals surface area (Å²) in [5.74, 6) is 0.230. The first kappa shape index (κ1) is 18.2. The Morgan fingerprint density at radius 1 is 1.27 bits per heavy atom. The summed E-state index contributed by atoms with van der Waals surface area (Å²) in [6.07, 6.45) is 3.86. The van der Waals surface area contributed by atoms with Crippen LogP contribution in [0.2, 0.25) is 0 Å². The summed E-state index contributed by atoms with van der Waals surface area (Å²) in [6, 6.07) is 11.6. The number of aryl methyl sites for hydroxylation is 1. The Kier molecular flexibility index (Phi) is 5.76. The number of aromatic hydroxyl groups is 1. The highest BCUT2D eigenvalue weighted by Gasteiger charge is 2.26. The van der Waals surface area contributed by atoms with Crippen molar-refractivity contribution in [2.45, 2.75) is 25.7 Å². The second-order valence-electron chi connectivity index (χ2n) is 6.78. The number of nitrogens with zero attached hydrogens (tertiary/aromatic N) is 1. The molecule has 1 saturated heterocycles.